The molecule has 4 N–H and O–H groups in total. The van der Waals surface area contributed by atoms with E-state index in [1.165, 1.54) is 13.2 Å². The summed E-state index contributed by atoms with van der Waals surface area (Å²) < 4.78 is 4.93. The van der Waals surface area contributed by atoms with Crippen LogP contribution < -0.4 is 15.8 Å². The lowest BCUT2D eigenvalue weighted by Gasteiger charge is -2.08. The van der Waals surface area contributed by atoms with Crippen LogP contribution in [0.2, 0.25) is 0 Å². The van der Waals surface area contributed by atoms with E-state index in [1.54, 1.807) is 12.1 Å². The summed E-state index contributed by atoms with van der Waals surface area (Å²) in [5.41, 5.74) is 5.67. The van der Waals surface area contributed by atoms with Crippen molar-refractivity contribution in [2.45, 2.75) is 12.8 Å². The first-order valence-corrected chi connectivity index (χ1v) is 5.04. The monoisotopic (exact) mass is 224 g/mol. The minimum absolute atomic E-state index is 0.0135. The number of nitrogens with two attached hydrogens (primary N) is 1. The van der Waals surface area contributed by atoms with E-state index in [-0.39, 0.29) is 11.7 Å². The standard InChI is InChI=1S/C11H16N2O3/c1-16-8-4-5-9(10(14)7-8)13-11(15)3-2-6-12/h4-5,7,14H,2-3,6,12H2,1H3,(H,13,15). The third kappa shape index (κ3) is 3.43. The number of aromatic hydroxyl groups is 1. The average molecular weight is 224 g/mol. The Kier molecular flexibility index (Phi) is 4.60. The number of amides is 1. The Morgan fingerprint density at radius 3 is 2.88 bits per heavy atom. The summed E-state index contributed by atoms with van der Waals surface area (Å²) in [6.07, 6.45) is 0.977. The predicted octanol–water partition coefficient (Wildman–Crippen LogP) is 1.08. The first kappa shape index (κ1) is 12.3. The van der Waals surface area contributed by atoms with Gasteiger partial charge in [0.25, 0.3) is 0 Å². The summed E-state index contributed by atoms with van der Waals surface area (Å²) in [6.45, 7) is 0.474. The Morgan fingerprint density at radius 2 is 2.31 bits per heavy atom. The quantitative estimate of drug-likeness (QED) is 0.653. The number of hydrogen-bond acceptors (Lipinski definition) is 4. The number of hydrogen-bond donors (Lipinski definition) is 3. The Balaban J connectivity index is 2.63. The smallest absolute Gasteiger partial charge is 0.224 e. The molecule has 0 aliphatic carbocycles. The number of benzene rings is 1. The van der Waals surface area contributed by atoms with Gasteiger partial charge in [-0.1, -0.05) is 0 Å². The van der Waals surface area contributed by atoms with Crippen LogP contribution in [0.5, 0.6) is 11.5 Å². The Morgan fingerprint density at radius 1 is 1.56 bits per heavy atom. The molecule has 0 unspecified atom stereocenters. The van der Waals surface area contributed by atoms with Crippen LogP contribution >= 0.6 is 0 Å². The highest BCUT2D eigenvalue weighted by molar-refractivity contribution is 5.92. The summed E-state index contributed by atoms with van der Waals surface area (Å²) in [6, 6.07) is 4.70. The predicted molar refractivity (Wildman–Crippen MR) is 61.6 cm³/mol. The Labute approximate surface area is 94.2 Å². The molecule has 0 radical (unpaired) electrons. The lowest BCUT2D eigenvalue weighted by Crippen LogP contribution is -2.13. The minimum Gasteiger partial charge on any atom is -0.506 e. The second-order valence-corrected chi connectivity index (χ2v) is 3.32. The van der Waals surface area contributed by atoms with Gasteiger partial charge in [-0.3, -0.25) is 4.79 Å². The highest BCUT2D eigenvalue weighted by Crippen LogP contribution is 2.27. The summed E-state index contributed by atoms with van der Waals surface area (Å²) in [5, 5.41) is 12.2. The molecule has 0 heterocycles. The fraction of sp³-hybridized carbons (Fsp3) is 0.364. The minimum atomic E-state index is -0.161. The first-order chi connectivity index (χ1) is 7.67. The molecule has 1 aromatic rings. The topological polar surface area (TPSA) is 84.6 Å². The van der Waals surface area contributed by atoms with Gasteiger partial charge in [-0.15, -0.1) is 0 Å². The molecule has 1 amide bonds. The maximum Gasteiger partial charge on any atom is 0.224 e. The second kappa shape index (κ2) is 5.97. The van der Waals surface area contributed by atoms with Crippen LogP contribution in [0.3, 0.4) is 0 Å². The zero-order valence-electron chi connectivity index (χ0n) is 9.19. The maximum absolute atomic E-state index is 11.4. The molecule has 0 aliphatic rings. The van der Waals surface area contributed by atoms with Crippen molar-refractivity contribution in [3.63, 3.8) is 0 Å². The van der Waals surface area contributed by atoms with Crippen LogP contribution in [0.1, 0.15) is 12.8 Å². The van der Waals surface area contributed by atoms with Gasteiger partial charge in [0, 0.05) is 12.5 Å². The van der Waals surface area contributed by atoms with Crippen LogP contribution in [0.15, 0.2) is 18.2 Å². The molecule has 5 heteroatoms. The molecule has 0 aliphatic heterocycles. The van der Waals surface area contributed by atoms with E-state index in [0.717, 1.165) is 0 Å². The molecular formula is C11H16N2O3. The molecule has 88 valence electrons. The average Bonchev–Trinajstić information content (AvgIpc) is 2.29. The van der Waals surface area contributed by atoms with E-state index in [2.05, 4.69) is 5.32 Å². The van der Waals surface area contributed by atoms with Crippen LogP contribution in [-0.4, -0.2) is 24.7 Å². The molecule has 1 aromatic carbocycles. The molecule has 16 heavy (non-hydrogen) atoms. The van der Waals surface area contributed by atoms with Gasteiger partial charge in [-0.05, 0) is 25.1 Å². The van der Waals surface area contributed by atoms with Gasteiger partial charge in [0.1, 0.15) is 11.5 Å². The Bertz CT molecular complexity index is 366. The molecule has 1 rings (SSSR count). The molecule has 0 saturated heterocycles. The maximum atomic E-state index is 11.4. The molecule has 0 bridgehead atoms. The molecule has 0 spiro atoms. The van der Waals surface area contributed by atoms with Gasteiger partial charge >= 0.3 is 0 Å². The van der Waals surface area contributed by atoms with Gasteiger partial charge < -0.3 is 20.9 Å². The third-order valence-electron chi connectivity index (χ3n) is 2.09. The van der Waals surface area contributed by atoms with E-state index >= 15 is 0 Å². The summed E-state index contributed by atoms with van der Waals surface area (Å²) >= 11 is 0. The molecule has 5 nitrogen and oxygen atoms in total. The van der Waals surface area contributed by atoms with Gasteiger partial charge in [-0.2, -0.15) is 0 Å². The molecule has 0 aromatic heterocycles. The number of anilines is 1. The third-order valence-corrected chi connectivity index (χ3v) is 2.09. The largest absolute Gasteiger partial charge is 0.506 e. The van der Waals surface area contributed by atoms with Crippen molar-refractivity contribution < 1.29 is 14.6 Å². The van der Waals surface area contributed by atoms with E-state index in [9.17, 15) is 9.90 Å². The molecule has 0 fully saturated rings. The van der Waals surface area contributed by atoms with Crippen LogP contribution in [0.25, 0.3) is 0 Å². The number of carbonyl (C=O) groups is 1. The van der Waals surface area contributed by atoms with Crippen molar-refractivity contribution in [1.29, 1.82) is 0 Å². The number of methoxy groups -OCH3 is 1. The van der Waals surface area contributed by atoms with Crippen molar-refractivity contribution in [2.75, 3.05) is 19.0 Å². The molecule has 0 saturated carbocycles. The lowest BCUT2D eigenvalue weighted by atomic mass is 10.2. The first-order valence-electron chi connectivity index (χ1n) is 5.04. The van der Waals surface area contributed by atoms with Crippen molar-refractivity contribution >= 4 is 11.6 Å². The number of carbonyl (C=O) groups excluding carboxylic acids is 1. The van der Waals surface area contributed by atoms with Crippen LogP contribution in [0.4, 0.5) is 5.69 Å². The summed E-state index contributed by atoms with van der Waals surface area (Å²) in [4.78, 5) is 11.4. The second-order valence-electron chi connectivity index (χ2n) is 3.32. The number of ether oxygens (including phenoxy) is 1. The van der Waals surface area contributed by atoms with Gasteiger partial charge in [-0.25, -0.2) is 0 Å². The Hall–Kier alpha value is -1.75. The van der Waals surface area contributed by atoms with E-state index in [1.807, 2.05) is 0 Å². The van der Waals surface area contributed by atoms with Gasteiger partial charge in [0.2, 0.25) is 5.91 Å². The zero-order valence-corrected chi connectivity index (χ0v) is 9.19. The van der Waals surface area contributed by atoms with Gasteiger partial charge in [0.15, 0.2) is 0 Å². The highest BCUT2D eigenvalue weighted by atomic mass is 16.5. The van der Waals surface area contributed by atoms with Crippen molar-refractivity contribution in [1.82, 2.24) is 0 Å². The molecular weight excluding hydrogens is 208 g/mol. The number of phenols is 1. The van der Waals surface area contributed by atoms with E-state index < -0.39 is 0 Å². The molecule has 0 atom stereocenters. The van der Waals surface area contributed by atoms with E-state index in [0.29, 0.717) is 30.8 Å². The zero-order chi connectivity index (χ0) is 12.0. The summed E-state index contributed by atoms with van der Waals surface area (Å²) in [5.74, 6) is 0.365. The van der Waals surface area contributed by atoms with Gasteiger partial charge in [0.05, 0.1) is 12.8 Å². The van der Waals surface area contributed by atoms with Crippen molar-refractivity contribution in [2.24, 2.45) is 5.73 Å². The normalized spacial score (nSPS) is 9.88. The van der Waals surface area contributed by atoms with Crippen molar-refractivity contribution in [3.8, 4) is 11.5 Å². The highest BCUT2D eigenvalue weighted by Gasteiger charge is 2.06. The van der Waals surface area contributed by atoms with Crippen LogP contribution in [0, 0.1) is 0 Å². The van der Waals surface area contributed by atoms with Crippen molar-refractivity contribution in [3.05, 3.63) is 18.2 Å². The summed E-state index contributed by atoms with van der Waals surface area (Å²) in [7, 11) is 1.51. The number of nitrogens with one attached hydrogen (secondary N) is 1. The fourth-order valence-electron chi connectivity index (χ4n) is 1.22. The van der Waals surface area contributed by atoms with Crippen LogP contribution in [-0.2, 0) is 4.79 Å². The fourth-order valence-corrected chi connectivity index (χ4v) is 1.22. The van der Waals surface area contributed by atoms with E-state index in [4.69, 9.17) is 10.5 Å². The number of rotatable bonds is 5. The lowest BCUT2D eigenvalue weighted by molar-refractivity contribution is -0.116. The SMILES string of the molecule is COc1ccc(NC(=O)CCCN)c(O)c1. The number of phenolic OH excluding ortho intramolecular Hbond substituents is 1.